The van der Waals surface area contributed by atoms with E-state index < -0.39 is 0 Å². The Morgan fingerprint density at radius 1 is 1.86 bits per heavy atom. The van der Waals surface area contributed by atoms with Crippen LogP contribution in [0.4, 0.5) is 0 Å². The highest BCUT2D eigenvalue weighted by Gasteiger charge is 2.20. The largest absolute Gasteiger partial charge is 0.198 e. The first-order chi connectivity index (χ1) is 3.43. The van der Waals surface area contributed by atoms with Crippen LogP contribution in [0.3, 0.4) is 0 Å². The zero-order valence-corrected chi connectivity index (χ0v) is 4.87. The van der Waals surface area contributed by atoms with Gasteiger partial charge in [0, 0.05) is 17.4 Å². The number of hydrogen-bond acceptors (Lipinski definition) is 2. The van der Waals surface area contributed by atoms with Crippen LogP contribution in [-0.4, -0.2) is 11.0 Å². The molecule has 0 spiro atoms. The summed E-state index contributed by atoms with van der Waals surface area (Å²) in [6.07, 6.45) is 1.86. The molecule has 1 aliphatic heterocycles. The van der Waals surface area contributed by atoms with Crippen LogP contribution in [0.1, 0.15) is 12.8 Å². The first-order valence-electron chi connectivity index (χ1n) is 2.42. The topological polar surface area (TPSA) is 23.8 Å². The Labute approximate surface area is 47.7 Å². The van der Waals surface area contributed by atoms with Gasteiger partial charge in [-0.15, -0.1) is 0 Å². The van der Waals surface area contributed by atoms with Crippen molar-refractivity contribution in [3.05, 3.63) is 0 Å². The van der Waals surface area contributed by atoms with Crippen LogP contribution >= 0.6 is 11.8 Å². The van der Waals surface area contributed by atoms with Crippen molar-refractivity contribution in [1.29, 1.82) is 5.26 Å². The average molecular weight is 113 g/mol. The Bertz CT molecular complexity index is 90.7. The minimum atomic E-state index is 0.748. The maximum absolute atomic E-state index is 8.08. The molecule has 0 radical (unpaired) electrons. The predicted molar refractivity (Wildman–Crippen MR) is 31.1 cm³/mol. The second-order valence-corrected chi connectivity index (χ2v) is 2.99. The third-order valence-corrected chi connectivity index (χ3v) is 2.02. The summed E-state index contributed by atoms with van der Waals surface area (Å²) in [6.45, 7) is 0. The molecule has 2 heteroatoms. The van der Waals surface area contributed by atoms with Crippen LogP contribution in [0.15, 0.2) is 0 Å². The molecule has 1 heterocycles. The molecule has 1 fully saturated rings. The minimum Gasteiger partial charge on any atom is -0.198 e. The number of nitriles is 1. The molecule has 38 valence electrons. The highest BCUT2D eigenvalue weighted by molar-refractivity contribution is 8.06. The van der Waals surface area contributed by atoms with E-state index in [2.05, 4.69) is 6.07 Å². The summed E-state index contributed by atoms with van der Waals surface area (Å²) in [5.74, 6) is 1.29. The molecule has 0 bridgehead atoms. The van der Waals surface area contributed by atoms with E-state index in [0.29, 0.717) is 0 Å². The van der Waals surface area contributed by atoms with Crippen molar-refractivity contribution >= 4 is 11.8 Å². The van der Waals surface area contributed by atoms with Gasteiger partial charge in [0.1, 0.15) is 0 Å². The van der Waals surface area contributed by atoms with Crippen molar-refractivity contribution in [1.82, 2.24) is 0 Å². The van der Waals surface area contributed by atoms with E-state index in [1.165, 1.54) is 5.75 Å². The van der Waals surface area contributed by atoms with Crippen molar-refractivity contribution in [3.63, 3.8) is 0 Å². The Kier molecular flexibility index (Phi) is 1.59. The van der Waals surface area contributed by atoms with Gasteiger partial charge in [-0.2, -0.15) is 17.0 Å². The molecular formula is C5H7NS. The first kappa shape index (κ1) is 4.99. The Hall–Kier alpha value is -0.160. The molecule has 0 saturated carbocycles. The molecule has 0 aromatic heterocycles. The Morgan fingerprint density at radius 3 is 3.00 bits per heavy atom. The summed E-state index contributed by atoms with van der Waals surface area (Å²) in [4.78, 5) is 0. The molecule has 0 aromatic rings. The lowest BCUT2D eigenvalue weighted by Crippen LogP contribution is -1.78. The molecule has 1 nitrogen and oxygen atoms in total. The maximum atomic E-state index is 8.08. The minimum absolute atomic E-state index is 0.748. The highest BCUT2D eigenvalue weighted by Crippen LogP contribution is 2.33. The van der Waals surface area contributed by atoms with Crippen LogP contribution in [0.25, 0.3) is 0 Å². The second kappa shape index (κ2) is 2.23. The predicted octanol–water partition coefficient (Wildman–Crippen LogP) is 1.41. The Morgan fingerprint density at radius 2 is 2.57 bits per heavy atom. The van der Waals surface area contributed by atoms with Gasteiger partial charge in [-0.05, 0) is 6.42 Å². The Balaban J connectivity index is 1.91. The fourth-order valence-corrected chi connectivity index (χ4v) is 1.05. The van der Waals surface area contributed by atoms with Crippen molar-refractivity contribution in [3.8, 4) is 6.07 Å². The molecular weight excluding hydrogens is 106 g/mol. The summed E-state index contributed by atoms with van der Waals surface area (Å²) in [6, 6.07) is 2.13. The van der Waals surface area contributed by atoms with Crippen LogP contribution in [0.5, 0.6) is 0 Å². The highest BCUT2D eigenvalue weighted by atomic mass is 32.2. The molecule has 0 aliphatic carbocycles. The molecule has 0 N–H and O–H groups in total. The van der Waals surface area contributed by atoms with Gasteiger partial charge in [-0.25, -0.2) is 0 Å². The quantitative estimate of drug-likeness (QED) is 0.505. The maximum Gasteiger partial charge on any atom is 0.0622 e. The number of thioether (sulfide) groups is 1. The zero-order valence-electron chi connectivity index (χ0n) is 4.05. The van der Waals surface area contributed by atoms with E-state index in [0.717, 1.165) is 18.1 Å². The normalized spacial score (nSPS) is 26.4. The van der Waals surface area contributed by atoms with Crippen molar-refractivity contribution in [2.24, 2.45) is 0 Å². The monoisotopic (exact) mass is 113 g/mol. The molecule has 1 saturated heterocycles. The number of nitrogens with zero attached hydrogens (tertiary/aromatic N) is 1. The van der Waals surface area contributed by atoms with Crippen LogP contribution in [0.2, 0.25) is 0 Å². The molecule has 0 aromatic carbocycles. The molecule has 1 atom stereocenters. The van der Waals surface area contributed by atoms with E-state index >= 15 is 0 Å². The van der Waals surface area contributed by atoms with Gasteiger partial charge in [0.25, 0.3) is 0 Å². The van der Waals surface area contributed by atoms with Crippen molar-refractivity contribution in [2.75, 3.05) is 5.75 Å². The van der Waals surface area contributed by atoms with E-state index in [9.17, 15) is 0 Å². The molecule has 1 unspecified atom stereocenters. The summed E-state index contributed by atoms with van der Waals surface area (Å²) in [5.41, 5.74) is 0. The average Bonchev–Trinajstić information content (AvgIpc) is 2.42. The smallest absolute Gasteiger partial charge is 0.0622 e. The van der Waals surface area contributed by atoms with Crippen molar-refractivity contribution in [2.45, 2.75) is 18.1 Å². The lowest BCUT2D eigenvalue weighted by Gasteiger charge is -1.79. The summed E-state index contributed by atoms with van der Waals surface area (Å²) in [5, 5.41) is 8.93. The van der Waals surface area contributed by atoms with Gasteiger partial charge in [0.15, 0.2) is 0 Å². The zero-order chi connectivity index (χ0) is 5.11. The summed E-state index contributed by atoms with van der Waals surface area (Å²) in [7, 11) is 0. The van der Waals surface area contributed by atoms with Gasteiger partial charge in [0.05, 0.1) is 6.07 Å². The summed E-state index contributed by atoms with van der Waals surface area (Å²) >= 11 is 1.96. The van der Waals surface area contributed by atoms with Crippen LogP contribution in [0, 0.1) is 11.3 Å². The van der Waals surface area contributed by atoms with E-state index in [1.54, 1.807) is 0 Å². The lowest BCUT2D eigenvalue weighted by molar-refractivity contribution is 0.895. The van der Waals surface area contributed by atoms with E-state index in [-0.39, 0.29) is 0 Å². The summed E-state index contributed by atoms with van der Waals surface area (Å²) < 4.78 is 0. The third kappa shape index (κ3) is 1.84. The van der Waals surface area contributed by atoms with Gasteiger partial charge in [-0.1, -0.05) is 0 Å². The molecule has 1 aliphatic rings. The fourth-order valence-electron chi connectivity index (χ4n) is 0.460. The SMILES string of the molecule is N#CCCC1CS1. The third-order valence-electron chi connectivity index (χ3n) is 0.980. The fraction of sp³-hybridized carbons (Fsp3) is 0.800. The molecule has 7 heavy (non-hydrogen) atoms. The molecule has 0 amide bonds. The number of hydrogen-bond donors (Lipinski definition) is 0. The standard InChI is InChI=1S/C5H7NS/c6-3-1-2-5-4-7-5/h5H,1-2,4H2. The van der Waals surface area contributed by atoms with E-state index in [1.807, 2.05) is 11.8 Å². The number of rotatable bonds is 2. The van der Waals surface area contributed by atoms with E-state index in [4.69, 9.17) is 5.26 Å². The van der Waals surface area contributed by atoms with Gasteiger partial charge in [-0.3, -0.25) is 0 Å². The van der Waals surface area contributed by atoms with Crippen LogP contribution in [-0.2, 0) is 0 Å². The van der Waals surface area contributed by atoms with Gasteiger partial charge >= 0.3 is 0 Å². The lowest BCUT2D eigenvalue weighted by atomic mass is 10.3. The van der Waals surface area contributed by atoms with Gasteiger partial charge < -0.3 is 0 Å². The second-order valence-electron chi connectivity index (χ2n) is 1.65. The van der Waals surface area contributed by atoms with Gasteiger partial charge in [0.2, 0.25) is 0 Å². The first-order valence-corrected chi connectivity index (χ1v) is 3.47. The van der Waals surface area contributed by atoms with Crippen LogP contribution < -0.4 is 0 Å². The molecule has 1 rings (SSSR count). The van der Waals surface area contributed by atoms with Crippen molar-refractivity contribution < 1.29 is 0 Å².